The Hall–Kier alpha value is -4.53. The van der Waals surface area contributed by atoms with E-state index in [-0.39, 0.29) is 12.0 Å². The first kappa shape index (κ1) is 32.9. The minimum Gasteiger partial charge on any atom is -0.497 e. The molecule has 1 N–H and O–H groups in total. The molecule has 8 nitrogen and oxygen atoms in total. The van der Waals surface area contributed by atoms with Crippen molar-refractivity contribution in [1.82, 2.24) is 9.80 Å². The third-order valence-corrected chi connectivity index (χ3v) is 8.23. The number of hydrogen-bond donors (Lipinski definition) is 1. The van der Waals surface area contributed by atoms with Gasteiger partial charge in [0.1, 0.15) is 17.6 Å². The zero-order valence-corrected chi connectivity index (χ0v) is 27.5. The van der Waals surface area contributed by atoms with Crippen LogP contribution in [-0.2, 0) is 0 Å². The first-order chi connectivity index (χ1) is 22.3. The molecular weight excluding hydrogens is 578 g/mol. The Bertz CT molecular complexity index is 1600. The van der Waals surface area contributed by atoms with Crippen molar-refractivity contribution in [2.24, 2.45) is 0 Å². The lowest BCUT2D eigenvalue weighted by Gasteiger charge is -2.30. The fourth-order valence-electron chi connectivity index (χ4n) is 5.56. The van der Waals surface area contributed by atoms with Gasteiger partial charge in [0, 0.05) is 36.4 Å². The summed E-state index contributed by atoms with van der Waals surface area (Å²) in [6.07, 6.45) is 3.12. The summed E-state index contributed by atoms with van der Waals surface area (Å²) in [5.41, 5.74) is 4.99. The first-order valence-corrected chi connectivity index (χ1v) is 15.8. The number of hydrogen-bond acceptors (Lipinski definition) is 7. The van der Waals surface area contributed by atoms with E-state index in [4.69, 9.17) is 18.9 Å². The average Bonchev–Trinajstić information content (AvgIpc) is 3.08. The van der Waals surface area contributed by atoms with Gasteiger partial charge in [0.2, 0.25) is 0 Å². The Balaban J connectivity index is 1.30. The second-order valence-corrected chi connectivity index (χ2v) is 12.0. The van der Waals surface area contributed by atoms with Gasteiger partial charge in [-0.15, -0.1) is 0 Å². The van der Waals surface area contributed by atoms with Gasteiger partial charge in [-0.05, 0) is 112 Å². The molecule has 5 rings (SSSR count). The zero-order chi connectivity index (χ0) is 32.5. The molecule has 242 valence electrons. The molecule has 0 atom stereocenters. The van der Waals surface area contributed by atoms with Crippen LogP contribution in [0.25, 0.3) is 22.3 Å². The molecule has 46 heavy (non-hydrogen) atoms. The van der Waals surface area contributed by atoms with Crippen molar-refractivity contribution in [2.45, 2.75) is 25.4 Å². The Morgan fingerprint density at radius 1 is 0.826 bits per heavy atom. The number of carbonyl (C=O) groups is 1. The fraction of sp³-hybridized carbons (Fsp3) is 0.342. The van der Waals surface area contributed by atoms with E-state index in [9.17, 15) is 4.79 Å². The van der Waals surface area contributed by atoms with Crippen LogP contribution in [-0.4, -0.2) is 83.4 Å². The molecule has 4 aromatic rings. The largest absolute Gasteiger partial charge is 0.497 e. The van der Waals surface area contributed by atoms with Crippen LogP contribution in [0.5, 0.6) is 23.0 Å². The van der Waals surface area contributed by atoms with Crippen molar-refractivity contribution >= 4 is 11.6 Å². The summed E-state index contributed by atoms with van der Waals surface area (Å²) in [7, 11) is 9.54. The third kappa shape index (κ3) is 8.59. The molecule has 0 unspecified atom stereocenters. The van der Waals surface area contributed by atoms with E-state index in [1.807, 2.05) is 66.7 Å². The van der Waals surface area contributed by atoms with E-state index >= 15 is 0 Å². The third-order valence-electron chi connectivity index (χ3n) is 8.23. The Kier molecular flexibility index (Phi) is 11.2. The summed E-state index contributed by atoms with van der Waals surface area (Å²) in [6, 6.07) is 27.1. The highest BCUT2D eigenvalue weighted by Gasteiger charge is 2.20. The van der Waals surface area contributed by atoms with Gasteiger partial charge in [0.05, 0.1) is 20.8 Å². The summed E-state index contributed by atoms with van der Waals surface area (Å²) < 4.78 is 23.7. The number of rotatable bonds is 13. The molecule has 0 aromatic heterocycles. The summed E-state index contributed by atoms with van der Waals surface area (Å²) in [6.45, 7) is 3.64. The van der Waals surface area contributed by atoms with E-state index in [2.05, 4.69) is 48.4 Å². The van der Waals surface area contributed by atoms with Crippen LogP contribution >= 0.6 is 0 Å². The molecule has 0 saturated carbocycles. The van der Waals surface area contributed by atoms with E-state index in [1.165, 1.54) is 0 Å². The standard InChI is InChI=1S/C38H45N3O5/c1-40(2)20-7-23-45-37-26-28(12-17-36(37)46-32-18-21-41(3)22-19-32)27-10-14-31(15-11-27)39-38(42)30-13-16-35(44-5)34(25-30)29-8-6-9-33(24-29)43-4/h6,8-17,24-26,32H,7,18-23H2,1-5H3,(H,39,42). The zero-order valence-electron chi connectivity index (χ0n) is 27.5. The molecule has 1 fully saturated rings. The summed E-state index contributed by atoms with van der Waals surface area (Å²) in [4.78, 5) is 17.8. The second-order valence-electron chi connectivity index (χ2n) is 12.0. The van der Waals surface area contributed by atoms with Gasteiger partial charge in [0.25, 0.3) is 5.91 Å². The molecule has 1 amide bonds. The predicted octanol–water partition coefficient (Wildman–Crippen LogP) is 7.09. The Morgan fingerprint density at radius 3 is 2.28 bits per heavy atom. The number of nitrogens with one attached hydrogen (secondary N) is 1. The van der Waals surface area contributed by atoms with Crippen LogP contribution in [0.3, 0.4) is 0 Å². The highest BCUT2D eigenvalue weighted by molar-refractivity contribution is 6.05. The highest BCUT2D eigenvalue weighted by atomic mass is 16.5. The maximum atomic E-state index is 13.3. The van der Waals surface area contributed by atoms with Crippen LogP contribution in [0.1, 0.15) is 29.6 Å². The van der Waals surface area contributed by atoms with Crippen LogP contribution in [0.15, 0.2) is 84.9 Å². The minimum absolute atomic E-state index is 0.186. The quantitative estimate of drug-likeness (QED) is 0.159. The van der Waals surface area contributed by atoms with Crippen LogP contribution in [0.2, 0.25) is 0 Å². The van der Waals surface area contributed by atoms with E-state index < -0.39 is 0 Å². The molecule has 1 aliphatic heterocycles. The second kappa shape index (κ2) is 15.7. The van der Waals surface area contributed by atoms with Crippen molar-refractivity contribution in [2.75, 3.05) is 66.9 Å². The first-order valence-electron chi connectivity index (χ1n) is 15.8. The SMILES string of the molecule is COc1cccc(-c2cc(C(=O)Nc3ccc(-c4ccc(OC5CCN(C)CC5)c(OCCCN(C)C)c4)cc3)ccc2OC)c1. The van der Waals surface area contributed by atoms with Crippen molar-refractivity contribution in [3.63, 3.8) is 0 Å². The lowest BCUT2D eigenvalue weighted by atomic mass is 10.0. The summed E-state index contributed by atoms with van der Waals surface area (Å²) in [5.74, 6) is 2.76. The molecule has 1 saturated heterocycles. The number of anilines is 1. The van der Waals surface area contributed by atoms with Gasteiger partial charge in [-0.3, -0.25) is 4.79 Å². The molecule has 0 bridgehead atoms. The summed E-state index contributed by atoms with van der Waals surface area (Å²) >= 11 is 0. The minimum atomic E-state index is -0.205. The summed E-state index contributed by atoms with van der Waals surface area (Å²) in [5, 5.41) is 3.03. The predicted molar refractivity (Wildman–Crippen MR) is 185 cm³/mol. The van der Waals surface area contributed by atoms with E-state index in [0.29, 0.717) is 23.6 Å². The van der Waals surface area contributed by atoms with Gasteiger partial charge < -0.3 is 34.1 Å². The van der Waals surface area contributed by atoms with Gasteiger partial charge >= 0.3 is 0 Å². The number of amides is 1. The van der Waals surface area contributed by atoms with Gasteiger partial charge in [-0.25, -0.2) is 0 Å². The van der Waals surface area contributed by atoms with E-state index in [1.54, 1.807) is 20.3 Å². The van der Waals surface area contributed by atoms with Gasteiger partial charge in [0.15, 0.2) is 11.5 Å². The molecule has 1 heterocycles. The molecule has 0 spiro atoms. The number of methoxy groups -OCH3 is 2. The molecule has 0 radical (unpaired) electrons. The lowest BCUT2D eigenvalue weighted by Crippen LogP contribution is -2.35. The number of likely N-dealkylation sites (tertiary alicyclic amines) is 1. The Labute approximate surface area is 272 Å². The van der Waals surface area contributed by atoms with Crippen LogP contribution in [0, 0.1) is 0 Å². The smallest absolute Gasteiger partial charge is 0.255 e. The number of carbonyl (C=O) groups excluding carboxylic acids is 1. The normalized spacial score (nSPS) is 13.8. The number of piperidine rings is 1. The molecular formula is C38H45N3O5. The average molecular weight is 624 g/mol. The number of ether oxygens (including phenoxy) is 4. The maximum absolute atomic E-state index is 13.3. The van der Waals surface area contributed by atoms with Crippen molar-refractivity contribution in [1.29, 1.82) is 0 Å². The van der Waals surface area contributed by atoms with Crippen molar-refractivity contribution in [3.05, 3.63) is 90.5 Å². The maximum Gasteiger partial charge on any atom is 0.255 e. The molecule has 4 aromatic carbocycles. The molecule has 0 aliphatic carbocycles. The van der Waals surface area contributed by atoms with Crippen LogP contribution < -0.4 is 24.3 Å². The number of nitrogens with zero attached hydrogens (tertiary/aromatic N) is 2. The number of benzene rings is 4. The molecule has 8 heteroatoms. The van der Waals surface area contributed by atoms with E-state index in [0.717, 1.165) is 78.4 Å². The molecule has 1 aliphatic rings. The van der Waals surface area contributed by atoms with Crippen molar-refractivity contribution in [3.8, 4) is 45.3 Å². The van der Waals surface area contributed by atoms with Crippen molar-refractivity contribution < 1.29 is 23.7 Å². The van der Waals surface area contributed by atoms with Crippen LogP contribution in [0.4, 0.5) is 5.69 Å². The topological polar surface area (TPSA) is 72.5 Å². The highest BCUT2D eigenvalue weighted by Crippen LogP contribution is 2.36. The monoisotopic (exact) mass is 623 g/mol. The van der Waals surface area contributed by atoms with Gasteiger partial charge in [-0.2, -0.15) is 0 Å². The fourth-order valence-corrected chi connectivity index (χ4v) is 5.56. The lowest BCUT2D eigenvalue weighted by molar-refractivity contribution is 0.102. The van der Waals surface area contributed by atoms with Gasteiger partial charge in [-0.1, -0.05) is 30.3 Å². The Morgan fingerprint density at radius 2 is 1.57 bits per heavy atom.